The molecule has 15 heavy (non-hydrogen) atoms. The van der Waals surface area contributed by atoms with Crippen LogP contribution in [0.3, 0.4) is 0 Å². The van der Waals surface area contributed by atoms with Crippen molar-refractivity contribution in [2.75, 3.05) is 17.6 Å². The monoisotopic (exact) mass is 242 g/mol. The van der Waals surface area contributed by atoms with Gasteiger partial charge in [0.1, 0.15) is 0 Å². The first-order valence-corrected chi connectivity index (χ1v) is 6.53. The number of anilines is 1. The van der Waals surface area contributed by atoms with Gasteiger partial charge in [-0.15, -0.1) is 0 Å². The number of nitrogens with one attached hydrogen (secondary N) is 1. The average Bonchev–Trinajstić information content (AvgIpc) is 2.65. The van der Waals surface area contributed by atoms with Crippen LogP contribution in [0.2, 0.25) is 5.02 Å². The molecule has 1 saturated heterocycles. The standard InChI is InChI=1S/C11H15ClN2S/c1-11(4-2-6-15-11)8-14-10-3-5-13-7-9(10)12/h3,5,7H,2,4,6,8H2,1H3,(H,13,14). The molecule has 1 unspecified atom stereocenters. The molecular weight excluding hydrogens is 228 g/mol. The van der Waals surface area contributed by atoms with E-state index in [4.69, 9.17) is 11.6 Å². The molecule has 0 aliphatic carbocycles. The van der Waals surface area contributed by atoms with Crippen LogP contribution in [0.4, 0.5) is 5.69 Å². The van der Waals surface area contributed by atoms with Crippen molar-refractivity contribution in [1.29, 1.82) is 0 Å². The third-order valence-corrected chi connectivity index (χ3v) is 4.57. The Bertz CT molecular complexity index is 337. The molecule has 1 aliphatic heterocycles. The molecule has 0 saturated carbocycles. The van der Waals surface area contributed by atoms with Crippen LogP contribution in [-0.4, -0.2) is 22.0 Å². The van der Waals surface area contributed by atoms with Gasteiger partial charge in [0.05, 0.1) is 10.7 Å². The molecule has 2 heterocycles. The van der Waals surface area contributed by atoms with Gasteiger partial charge < -0.3 is 5.32 Å². The molecule has 2 nitrogen and oxygen atoms in total. The fourth-order valence-corrected chi connectivity index (χ4v) is 3.21. The summed E-state index contributed by atoms with van der Waals surface area (Å²) in [6.45, 7) is 3.29. The summed E-state index contributed by atoms with van der Waals surface area (Å²) < 4.78 is 0.368. The first-order valence-electron chi connectivity index (χ1n) is 5.17. The van der Waals surface area contributed by atoms with E-state index in [1.807, 2.05) is 17.8 Å². The Kier molecular flexibility index (Phi) is 3.42. The molecule has 1 N–H and O–H groups in total. The Morgan fingerprint density at radius 1 is 1.67 bits per heavy atom. The molecule has 0 bridgehead atoms. The van der Waals surface area contributed by atoms with Gasteiger partial charge in [-0.05, 0) is 31.6 Å². The predicted octanol–water partition coefficient (Wildman–Crippen LogP) is 3.43. The van der Waals surface area contributed by atoms with Gasteiger partial charge >= 0.3 is 0 Å². The van der Waals surface area contributed by atoms with Crippen LogP contribution in [0.5, 0.6) is 0 Å². The number of halogens is 1. The summed E-state index contributed by atoms with van der Waals surface area (Å²) in [6.07, 6.45) is 6.05. The number of hydrogen-bond donors (Lipinski definition) is 1. The third kappa shape index (κ3) is 2.79. The number of hydrogen-bond acceptors (Lipinski definition) is 3. The number of rotatable bonds is 3. The first-order chi connectivity index (χ1) is 7.20. The fraction of sp³-hybridized carbons (Fsp3) is 0.545. The van der Waals surface area contributed by atoms with Crippen molar-refractivity contribution in [1.82, 2.24) is 4.98 Å². The molecule has 1 aromatic rings. The van der Waals surface area contributed by atoms with Gasteiger partial charge in [-0.2, -0.15) is 11.8 Å². The lowest BCUT2D eigenvalue weighted by molar-refractivity contribution is 0.635. The second-order valence-electron chi connectivity index (χ2n) is 4.11. The summed E-state index contributed by atoms with van der Waals surface area (Å²) in [5.74, 6) is 1.28. The zero-order valence-electron chi connectivity index (χ0n) is 8.79. The molecule has 1 aromatic heterocycles. The minimum Gasteiger partial charge on any atom is -0.382 e. The van der Waals surface area contributed by atoms with Gasteiger partial charge in [-0.25, -0.2) is 0 Å². The van der Waals surface area contributed by atoms with Crippen LogP contribution in [0.1, 0.15) is 19.8 Å². The largest absolute Gasteiger partial charge is 0.382 e. The number of aromatic nitrogens is 1. The zero-order chi connectivity index (χ0) is 10.7. The van der Waals surface area contributed by atoms with E-state index in [0.717, 1.165) is 12.2 Å². The molecule has 1 fully saturated rings. The van der Waals surface area contributed by atoms with Crippen LogP contribution in [0, 0.1) is 0 Å². The highest BCUT2D eigenvalue weighted by atomic mass is 35.5. The van der Waals surface area contributed by atoms with Gasteiger partial charge in [0, 0.05) is 23.7 Å². The van der Waals surface area contributed by atoms with Crippen molar-refractivity contribution >= 4 is 29.1 Å². The highest BCUT2D eigenvalue weighted by molar-refractivity contribution is 8.00. The summed E-state index contributed by atoms with van der Waals surface area (Å²) in [4.78, 5) is 3.96. The molecule has 0 aromatic carbocycles. The van der Waals surface area contributed by atoms with Crippen LogP contribution < -0.4 is 5.32 Å². The Labute approximate surface area is 99.8 Å². The predicted molar refractivity (Wildman–Crippen MR) is 67.8 cm³/mol. The molecule has 0 radical (unpaired) electrons. The molecule has 0 amide bonds. The maximum atomic E-state index is 6.02. The fourth-order valence-electron chi connectivity index (χ4n) is 1.78. The Morgan fingerprint density at radius 2 is 2.53 bits per heavy atom. The molecule has 1 atom stereocenters. The highest BCUT2D eigenvalue weighted by Gasteiger charge is 2.29. The summed E-state index contributed by atoms with van der Waals surface area (Å²) in [5, 5.41) is 4.10. The third-order valence-electron chi connectivity index (χ3n) is 2.73. The molecule has 4 heteroatoms. The molecule has 0 spiro atoms. The van der Waals surface area contributed by atoms with Gasteiger partial charge in [-0.3, -0.25) is 4.98 Å². The SMILES string of the molecule is CC1(CNc2ccncc2Cl)CCCS1. The van der Waals surface area contributed by atoms with Crippen LogP contribution in [-0.2, 0) is 0 Å². The Hall–Kier alpha value is -0.410. The van der Waals surface area contributed by atoms with E-state index < -0.39 is 0 Å². The van der Waals surface area contributed by atoms with E-state index in [0.29, 0.717) is 9.77 Å². The van der Waals surface area contributed by atoms with Gasteiger partial charge in [-0.1, -0.05) is 11.6 Å². The highest BCUT2D eigenvalue weighted by Crippen LogP contribution is 2.38. The summed E-state index contributed by atoms with van der Waals surface area (Å²) >= 11 is 8.07. The second-order valence-corrected chi connectivity index (χ2v) is 6.20. The Morgan fingerprint density at radius 3 is 3.20 bits per heavy atom. The molecule has 1 aliphatic rings. The van der Waals surface area contributed by atoms with Crippen LogP contribution in [0.25, 0.3) is 0 Å². The maximum absolute atomic E-state index is 6.02. The average molecular weight is 243 g/mol. The van der Waals surface area contributed by atoms with Crippen molar-refractivity contribution in [3.63, 3.8) is 0 Å². The van der Waals surface area contributed by atoms with Crippen molar-refractivity contribution in [2.45, 2.75) is 24.5 Å². The summed E-state index contributed by atoms with van der Waals surface area (Å²) in [5.41, 5.74) is 0.986. The van der Waals surface area contributed by atoms with E-state index in [1.54, 1.807) is 12.4 Å². The van der Waals surface area contributed by atoms with Crippen LogP contribution in [0.15, 0.2) is 18.5 Å². The minimum absolute atomic E-state index is 0.368. The lowest BCUT2D eigenvalue weighted by Gasteiger charge is -2.23. The van der Waals surface area contributed by atoms with E-state index in [-0.39, 0.29) is 0 Å². The quantitative estimate of drug-likeness (QED) is 0.879. The topological polar surface area (TPSA) is 24.9 Å². The van der Waals surface area contributed by atoms with E-state index in [1.165, 1.54) is 18.6 Å². The first kappa shape index (κ1) is 11.1. The number of thioether (sulfide) groups is 1. The second kappa shape index (κ2) is 4.62. The van der Waals surface area contributed by atoms with Crippen molar-refractivity contribution < 1.29 is 0 Å². The molecular formula is C11H15ClN2S. The normalized spacial score (nSPS) is 25.5. The van der Waals surface area contributed by atoms with Crippen LogP contribution >= 0.6 is 23.4 Å². The maximum Gasteiger partial charge on any atom is 0.0820 e. The molecule has 2 rings (SSSR count). The van der Waals surface area contributed by atoms with Gasteiger partial charge in [0.15, 0.2) is 0 Å². The Balaban J connectivity index is 1.95. The van der Waals surface area contributed by atoms with Crippen molar-refractivity contribution in [3.8, 4) is 0 Å². The van der Waals surface area contributed by atoms with E-state index >= 15 is 0 Å². The van der Waals surface area contributed by atoms with Gasteiger partial charge in [0.2, 0.25) is 0 Å². The van der Waals surface area contributed by atoms with E-state index in [2.05, 4.69) is 17.2 Å². The van der Waals surface area contributed by atoms with E-state index in [9.17, 15) is 0 Å². The van der Waals surface area contributed by atoms with Gasteiger partial charge in [0.25, 0.3) is 0 Å². The minimum atomic E-state index is 0.368. The smallest absolute Gasteiger partial charge is 0.0820 e. The lowest BCUT2D eigenvalue weighted by atomic mass is 10.1. The number of pyridine rings is 1. The number of nitrogens with zero attached hydrogens (tertiary/aromatic N) is 1. The van der Waals surface area contributed by atoms with Crippen molar-refractivity contribution in [3.05, 3.63) is 23.5 Å². The lowest BCUT2D eigenvalue weighted by Crippen LogP contribution is -2.27. The summed E-state index contributed by atoms with van der Waals surface area (Å²) in [7, 11) is 0. The van der Waals surface area contributed by atoms with Crippen molar-refractivity contribution in [2.24, 2.45) is 0 Å². The summed E-state index contributed by atoms with van der Waals surface area (Å²) in [6, 6.07) is 1.92. The zero-order valence-corrected chi connectivity index (χ0v) is 10.4. The molecule has 82 valence electrons.